The minimum atomic E-state index is -3.58. The van der Waals surface area contributed by atoms with Gasteiger partial charge in [0.2, 0.25) is 15.9 Å². The van der Waals surface area contributed by atoms with E-state index in [0.717, 1.165) is 9.82 Å². The molecule has 0 aliphatic heterocycles. The van der Waals surface area contributed by atoms with Gasteiger partial charge in [0, 0.05) is 33.5 Å². The molecule has 0 fully saturated rings. The number of fused-ring (bicyclic) bond motifs is 1. The zero-order chi connectivity index (χ0) is 23.5. The van der Waals surface area contributed by atoms with Gasteiger partial charge in [0.15, 0.2) is 0 Å². The summed E-state index contributed by atoms with van der Waals surface area (Å²) < 4.78 is 27.9. The molecule has 0 spiro atoms. The smallest absolute Gasteiger partial charge is 0.271 e. The number of carbonyl (C=O) groups excluding carboxylic acids is 2. The maximum Gasteiger partial charge on any atom is 0.271 e. The molecule has 0 unspecified atom stereocenters. The largest absolute Gasteiger partial charge is 0.328 e. The predicted molar refractivity (Wildman–Crippen MR) is 122 cm³/mol. The number of benzene rings is 2. The van der Waals surface area contributed by atoms with E-state index in [-0.39, 0.29) is 21.9 Å². The zero-order valence-electron chi connectivity index (χ0n) is 17.9. The first-order valence-corrected chi connectivity index (χ1v) is 11.7. The van der Waals surface area contributed by atoms with E-state index in [9.17, 15) is 18.0 Å². The van der Waals surface area contributed by atoms with E-state index in [2.05, 4.69) is 15.8 Å². The molecule has 0 aliphatic rings. The van der Waals surface area contributed by atoms with Crippen LogP contribution in [0.2, 0.25) is 5.02 Å². The molecule has 3 aromatic rings. The molecule has 32 heavy (non-hydrogen) atoms. The molecule has 2 aromatic carbocycles. The van der Waals surface area contributed by atoms with Gasteiger partial charge in [-0.05, 0) is 37.3 Å². The molecule has 0 saturated carbocycles. The average Bonchev–Trinajstić information content (AvgIpc) is 3.12. The Bertz CT molecular complexity index is 1270. The molecule has 2 N–H and O–H groups in total. The lowest BCUT2D eigenvalue weighted by Gasteiger charge is -2.11. The number of carbonyl (C=O) groups is 2. The van der Waals surface area contributed by atoms with Crippen LogP contribution in [-0.2, 0) is 27.8 Å². The van der Waals surface area contributed by atoms with E-state index >= 15 is 0 Å². The quantitative estimate of drug-likeness (QED) is 0.507. The van der Waals surface area contributed by atoms with Gasteiger partial charge in [-0.25, -0.2) is 17.7 Å². The van der Waals surface area contributed by atoms with Crippen LogP contribution in [-0.4, -0.2) is 48.2 Å². The number of aromatic nitrogens is 2. The highest BCUT2D eigenvalue weighted by Crippen LogP contribution is 2.22. The Kier molecular flexibility index (Phi) is 7.17. The third-order valence-corrected chi connectivity index (χ3v) is 7.04. The molecular formula is C21H24ClN5O4S. The van der Waals surface area contributed by atoms with Crippen LogP contribution in [0.25, 0.3) is 11.0 Å². The summed E-state index contributed by atoms with van der Waals surface area (Å²) in [5, 5.41) is 0.284. The molecule has 3 rings (SSSR count). The van der Waals surface area contributed by atoms with Crippen molar-refractivity contribution in [3.8, 4) is 0 Å². The van der Waals surface area contributed by atoms with Crippen molar-refractivity contribution in [2.24, 2.45) is 0 Å². The lowest BCUT2D eigenvalue weighted by atomic mass is 10.2. The summed E-state index contributed by atoms with van der Waals surface area (Å²) in [4.78, 5) is 29.1. The number of sulfonamides is 1. The predicted octanol–water partition coefficient (Wildman–Crippen LogP) is 2.35. The van der Waals surface area contributed by atoms with Crippen LogP contribution in [0.1, 0.15) is 29.5 Å². The SMILES string of the molecule is CCn1c(CCC(=O)NNC(=O)c2ccccc2Cl)nc2cc(S(=O)(=O)N(C)C)ccc21. The number of nitrogens with one attached hydrogen (secondary N) is 2. The fourth-order valence-corrected chi connectivity index (χ4v) is 4.35. The summed E-state index contributed by atoms with van der Waals surface area (Å²) in [6.07, 6.45) is 0.390. The molecule has 1 aromatic heterocycles. The van der Waals surface area contributed by atoms with E-state index in [4.69, 9.17) is 11.6 Å². The Balaban J connectivity index is 1.69. The number of nitrogens with zero attached hydrogens (tertiary/aromatic N) is 3. The number of aryl methyl sites for hydroxylation is 2. The number of hydrazine groups is 1. The molecule has 1 heterocycles. The third kappa shape index (κ3) is 4.93. The molecule has 0 aliphatic carbocycles. The topological polar surface area (TPSA) is 113 Å². The number of halogens is 1. The highest BCUT2D eigenvalue weighted by molar-refractivity contribution is 7.89. The number of imidazole rings is 1. The molecule has 0 atom stereocenters. The summed E-state index contributed by atoms with van der Waals surface area (Å²) in [7, 11) is -0.634. The maximum absolute atomic E-state index is 12.4. The Labute approximate surface area is 191 Å². The van der Waals surface area contributed by atoms with Crippen LogP contribution in [0.3, 0.4) is 0 Å². The number of amides is 2. The van der Waals surface area contributed by atoms with E-state index in [1.807, 2.05) is 11.5 Å². The van der Waals surface area contributed by atoms with Gasteiger partial charge < -0.3 is 4.57 Å². The van der Waals surface area contributed by atoms with Crippen LogP contribution >= 0.6 is 11.6 Å². The van der Waals surface area contributed by atoms with Crippen molar-refractivity contribution in [2.45, 2.75) is 31.2 Å². The normalized spacial score (nSPS) is 11.7. The van der Waals surface area contributed by atoms with E-state index < -0.39 is 21.8 Å². The molecule has 0 bridgehead atoms. The average molecular weight is 478 g/mol. The van der Waals surface area contributed by atoms with E-state index in [1.54, 1.807) is 36.4 Å². The molecule has 170 valence electrons. The summed E-state index contributed by atoms with van der Waals surface area (Å²) in [5.41, 5.74) is 6.30. The van der Waals surface area contributed by atoms with E-state index in [0.29, 0.717) is 24.3 Å². The molecule has 2 amide bonds. The Morgan fingerprint density at radius 2 is 1.84 bits per heavy atom. The van der Waals surface area contributed by atoms with Crippen molar-refractivity contribution >= 4 is 44.5 Å². The molecule has 11 heteroatoms. The second-order valence-electron chi connectivity index (χ2n) is 7.19. The number of hydrogen-bond acceptors (Lipinski definition) is 5. The standard InChI is InChI=1S/C21H24ClN5O4S/c1-4-27-18-10-9-14(32(30,31)26(2)3)13-17(18)23-19(27)11-12-20(28)24-25-21(29)15-7-5-6-8-16(15)22/h5-10,13H,4,11-12H2,1-3H3,(H,24,28)(H,25,29). The van der Waals surface area contributed by atoms with Crippen molar-refractivity contribution in [2.75, 3.05) is 14.1 Å². The molecule has 0 saturated heterocycles. The minimum absolute atomic E-state index is 0.0784. The van der Waals surface area contributed by atoms with Crippen molar-refractivity contribution in [3.63, 3.8) is 0 Å². The Hall–Kier alpha value is -2.95. The van der Waals surface area contributed by atoms with Gasteiger partial charge in [0.25, 0.3) is 5.91 Å². The van der Waals surface area contributed by atoms with Gasteiger partial charge in [-0.3, -0.25) is 20.4 Å². The third-order valence-electron chi connectivity index (χ3n) is 4.90. The Morgan fingerprint density at radius 1 is 1.12 bits per heavy atom. The lowest BCUT2D eigenvalue weighted by Crippen LogP contribution is -2.41. The van der Waals surface area contributed by atoms with Gasteiger partial charge in [-0.2, -0.15) is 0 Å². The number of hydrogen-bond donors (Lipinski definition) is 2. The monoisotopic (exact) mass is 477 g/mol. The first-order valence-electron chi connectivity index (χ1n) is 9.90. The fraction of sp³-hybridized carbons (Fsp3) is 0.286. The highest BCUT2D eigenvalue weighted by atomic mass is 35.5. The zero-order valence-corrected chi connectivity index (χ0v) is 19.5. The van der Waals surface area contributed by atoms with Gasteiger partial charge in [0.05, 0.1) is 26.5 Å². The Morgan fingerprint density at radius 3 is 2.50 bits per heavy atom. The second kappa shape index (κ2) is 9.68. The fourth-order valence-electron chi connectivity index (χ4n) is 3.20. The summed E-state index contributed by atoms with van der Waals surface area (Å²) in [6, 6.07) is 11.3. The van der Waals surface area contributed by atoms with Crippen molar-refractivity contribution in [3.05, 3.63) is 58.9 Å². The number of rotatable bonds is 7. The van der Waals surface area contributed by atoms with Crippen molar-refractivity contribution < 1.29 is 18.0 Å². The first kappa shape index (κ1) is 23.7. The van der Waals surface area contributed by atoms with Crippen LogP contribution in [0, 0.1) is 0 Å². The van der Waals surface area contributed by atoms with Crippen molar-refractivity contribution in [1.29, 1.82) is 0 Å². The first-order chi connectivity index (χ1) is 15.1. The molecule has 0 radical (unpaired) electrons. The molecule has 9 nitrogen and oxygen atoms in total. The summed E-state index contributed by atoms with van der Waals surface area (Å²) in [6.45, 7) is 2.55. The van der Waals surface area contributed by atoms with Gasteiger partial charge in [-0.1, -0.05) is 23.7 Å². The van der Waals surface area contributed by atoms with Crippen LogP contribution in [0.4, 0.5) is 0 Å². The van der Waals surface area contributed by atoms with Gasteiger partial charge in [-0.15, -0.1) is 0 Å². The second-order valence-corrected chi connectivity index (χ2v) is 9.75. The molecular weight excluding hydrogens is 454 g/mol. The van der Waals surface area contributed by atoms with E-state index in [1.165, 1.54) is 20.2 Å². The van der Waals surface area contributed by atoms with Crippen LogP contribution in [0.5, 0.6) is 0 Å². The maximum atomic E-state index is 12.4. The summed E-state index contributed by atoms with van der Waals surface area (Å²) >= 11 is 5.98. The van der Waals surface area contributed by atoms with Crippen LogP contribution < -0.4 is 10.9 Å². The van der Waals surface area contributed by atoms with Crippen LogP contribution in [0.15, 0.2) is 47.4 Å². The van der Waals surface area contributed by atoms with Gasteiger partial charge in [0.1, 0.15) is 5.82 Å². The summed E-state index contributed by atoms with van der Waals surface area (Å²) in [5.74, 6) is -0.259. The minimum Gasteiger partial charge on any atom is -0.328 e. The van der Waals surface area contributed by atoms with Gasteiger partial charge >= 0.3 is 0 Å². The van der Waals surface area contributed by atoms with Crippen molar-refractivity contribution in [1.82, 2.24) is 24.7 Å². The lowest BCUT2D eigenvalue weighted by molar-refractivity contribution is -0.121. The highest BCUT2D eigenvalue weighted by Gasteiger charge is 2.20.